The zero-order valence-corrected chi connectivity index (χ0v) is 12.1. The molecule has 0 bridgehead atoms. The van der Waals surface area contributed by atoms with Crippen LogP contribution < -0.4 is 5.32 Å². The Balaban J connectivity index is 1.90. The number of hydrogen-bond donors (Lipinski definition) is 1. The summed E-state index contributed by atoms with van der Waals surface area (Å²) in [6.07, 6.45) is -4.49. The van der Waals surface area contributed by atoms with Crippen LogP contribution in [0.4, 0.5) is 13.2 Å². The fourth-order valence-corrected chi connectivity index (χ4v) is 2.35. The van der Waals surface area contributed by atoms with Crippen molar-refractivity contribution in [3.63, 3.8) is 0 Å². The highest BCUT2D eigenvalue weighted by Crippen LogP contribution is 2.21. The van der Waals surface area contributed by atoms with E-state index in [4.69, 9.17) is 0 Å². The summed E-state index contributed by atoms with van der Waals surface area (Å²) in [5, 5.41) is 1.83. The van der Waals surface area contributed by atoms with Gasteiger partial charge in [0.25, 0.3) is 0 Å². The van der Waals surface area contributed by atoms with Crippen LogP contribution in [0, 0.1) is 12.8 Å². The Bertz CT molecular complexity index is 555. The number of alkyl halides is 3. The molecule has 1 aliphatic heterocycles. The highest BCUT2D eigenvalue weighted by Gasteiger charge is 2.36. The molecule has 1 heterocycles. The lowest BCUT2D eigenvalue weighted by Gasteiger charge is -2.17. The zero-order chi connectivity index (χ0) is 16.3. The third kappa shape index (κ3) is 4.47. The van der Waals surface area contributed by atoms with Gasteiger partial charge in [-0.2, -0.15) is 13.2 Å². The van der Waals surface area contributed by atoms with E-state index in [1.807, 2.05) is 36.5 Å². The van der Waals surface area contributed by atoms with E-state index in [1.54, 1.807) is 0 Å². The van der Waals surface area contributed by atoms with E-state index in [-0.39, 0.29) is 18.9 Å². The fourth-order valence-electron chi connectivity index (χ4n) is 2.35. The number of aryl methyl sites for hydroxylation is 1. The molecule has 1 aliphatic rings. The van der Waals surface area contributed by atoms with Gasteiger partial charge in [0.15, 0.2) is 0 Å². The lowest BCUT2D eigenvalue weighted by Crippen LogP contribution is -2.38. The number of hydrogen-bond acceptors (Lipinski definition) is 2. The number of carbonyl (C=O) groups excluding carboxylic acids is 2. The predicted octanol–water partition coefficient (Wildman–Crippen LogP) is 2.02. The topological polar surface area (TPSA) is 49.4 Å². The number of benzene rings is 1. The standard InChI is InChI=1S/C15H17F3N2O2/c1-10-2-4-11(5-3-10)7-20-8-12(6-13(20)21)14(22)19-9-15(16,17)18/h2-5,12H,6-9H2,1H3,(H,19,22). The number of rotatable bonds is 4. The molecule has 1 unspecified atom stereocenters. The smallest absolute Gasteiger partial charge is 0.347 e. The van der Waals surface area contributed by atoms with Crippen LogP contribution in [0.25, 0.3) is 0 Å². The summed E-state index contributed by atoms with van der Waals surface area (Å²) in [4.78, 5) is 25.1. The number of likely N-dealkylation sites (tertiary alicyclic amines) is 1. The fraction of sp³-hybridized carbons (Fsp3) is 0.467. The van der Waals surface area contributed by atoms with Gasteiger partial charge in [-0.3, -0.25) is 9.59 Å². The van der Waals surface area contributed by atoms with Crippen molar-refractivity contribution in [2.24, 2.45) is 5.92 Å². The molecule has 2 rings (SSSR count). The summed E-state index contributed by atoms with van der Waals surface area (Å²) in [5.41, 5.74) is 2.02. The second-order valence-corrected chi connectivity index (χ2v) is 5.49. The summed E-state index contributed by atoms with van der Waals surface area (Å²) in [6.45, 7) is 1.10. The summed E-state index contributed by atoms with van der Waals surface area (Å²) in [7, 11) is 0. The van der Waals surface area contributed by atoms with Crippen molar-refractivity contribution >= 4 is 11.8 Å². The molecule has 120 valence electrons. The van der Waals surface area contributed by atoms with Crippen molar-refractivity contribution < 1.29 is 22.8 Å². The van der Waals surface area contributed by atoms with Crippen molar-refractivity contribution in [2.45, 2.75) is 26.1 Å². The van der Waals surface area contributed by atoms with Crippen LogP contribution in [-0.4, -0.2) is 36.0 Å². The Morgan fingerprint density at radius 1 is 1.32 bits per heavy atom. The van der Waals surface area contributed by atoms with E-state index in [1.165, 1.54) is 4.90 Å². The largest absolute Gasteiger partial charge is 0.405 e. The van der Waals surface area contributed by atoms with Gasteiger partial charge in [0.2, 0.25) is 11.8 Å². The molecule has 1 saturated heterocycles. The molecule has 0 aliphatic carbocycles. The molecule has 0 saturated carbocycles. The summed E-state index contributed by atoms with van der Waals surface area (Å²) in [6, 6.07) is 7.62. The molecular weight excluding hydrogens is 297 g/mol. The normalized spacial score (nSPS) is 18.6. The Kier molecular flexibility index (Phi) is 4.73. The van der Waals surface area contributed by atoms with Gasteiger partial charge in [0.1, 0.15) is 6.54 Å². The summed E-state index contributed by atoms with van der Waals surface area (Å²) in [5.74, 6) is -1.66. The Labute approximate surface area is 126 Å². The van der Waals surface area contributed by atoms with Gasteiger partial charge in [-0.25, -0.2) is 0 Å². The van der Waals surface area contributed by atoms with Gasteiger partial charge in [0.05, 0.1) is 5.92 Å². The average molecular weight is 314 g/mol. The SMILES string of the molecule is Cc1ccc(CN2CC(C(=O)NCC(F)(F)F)CC2=O)cc1. The van der Waals surface area contributed by atoms with Crippen molar-refractivity contribution in [3.8, 4) is 0 Å². The molecule has 4 nitrogen and oxygen atoms in total. The molecule has 1 aromatic carbocycles. The second kappa shape index (κ2) is 6.37. The van der Waals surface area contributed by atoms with Crippen LogP contribution in [0.15, 0.2) is 24.3 Å². The maximum Gasteiger partial charge on any atom is 0.405 e. The highest BCUT2D eigenvalue weighted by molar-refractivity contribution is 5.89. The maximum absolute atomic E-state index is 12.1. The number of carbonyl (C=O) groups is 2. The minimum atomic E-state index is -4.44. The van der Waals surface area contributed by atoms with Crippen molar-refractivity contribution in [1.82, 2.24) is 10.2 Å². The van der Waals surface area contributed by atoms with Gasteiger partial charge in [-0.15, -0.1) is 0 Å². The average Bonchev–Trinajstić information content (AvgIpc) is 2.79. The van der Waals surface area contributed by atoms with Crippen molar-refractivity contribution in [1.29, 1.82) is 0 Å². The Hall–Kier alpha value is -2.05. The first-order valence-electron chi connectivity index (χ1n) is 6.92. The first kappa shape index (κ1) is 16.3. The number of amides is 2. The Morgan fingerprint density at radius 3 is 2.55 bits per heavy atom. The van der Waals surface area contributed by atoms with E-state index < -0.39 is 24.5 Å². The molecule has 0 spiro atoms. The van der Waals surface area contributed by atoms with Crippen LogP contribution in [-0.2, 0) is 16.1 Å². The van der Waals surface area contributed by atoms with E-state index in [0.29, 0.717) is 6.54 Å². The van der Waals surface area contributed by atoms with Crippen LogP contribution in [0.1, 0.15) is 17.5 Å². The van der Waals surface area contributed by atoms with E-state index in [9.17, 15) is 22.8 Å². The second-order valence-electron chi connectivity index (χ2n) is 5.49. The third-order valence-electron chi connectivity index (χ3n) is 3.54. The molecular formula is C15H17F3N2O2. The molecule has 0 aromatic heterocycles. The molecule has 1 fully saturated rings. The number of halogens is 3. The maximum atomic E-state index is 12.1. The van der Waals surface area contributed by atoms with Gasteiger partial charge in [-0.1, -0.05) is 29.8 Å². The van der Waals surface area contributed by atoms with Crippen LogP contribution in [0.5, 0.6) is 0 Å². The lowest BCUT2D eigenvalue weighted by molar-refractivity contribution is -0.140. The molecule has 1 N–H and O–H groups in total. The van der Waals surface area contributed by atoms with Gasteiger partial charge in [0, 0.05) is 19.5 Å². The summed E-state index contributed by atoms with van der Waals surface area (Å²) < 4.78 is 36.3. The zero-order valence-electron chi connectivity index (χ0n) is 12.1. The first-order chi connectivity index (χ1) is 10.2. The molecule has 1 aromatic rings. The van der Waals surface area contributed by atoms with Crippen LogP contribution in [0.2, 0.25) is 0 Å². The van der Waals surface area contributed by atoms with E-state index >= 15 is 0 Å². The van der Waals surface area contributed by atoms with E-state index in [2.05, 4.69) is 0 Å². The predicted molar refractivity (Wildman–Crippen MR) is 73.8 cm³/mol. The van der Waals surface area contributed by atoms with Gasteiger partial charge < -0.3 is 10.2 Å². The molecule has 22 heavy (non-hydrogen) atoms. The Morgan fingerprint density at radius 2 is 1.95 bits per heavy atom. The van der Waals surface area contributed by atoms with Gasteiger partial charge >= 0.3 is 6.18 Å². The minimum Gasteiger partial charge on any atom is -0.347 e. The molecule has 1 atom stereocenters. The van der Waals surface area contributed by atoms with Crippen molar-refractivity contribution in [2.75, 3.05) is 13.1 Å². The minimum absolute atomic E-state index is 0.0461. The van der Waals surface area contributed by atoms with Gasteiger partial charge in [-0.05, 0) is 12.5 Å². The van der Waals surface area contributed by atoms with Crippen LogP contribution in [0.3, 0.4) is 0 Å². The van der Waals surface area contributed by atoms with E-state index in [0.717, 1.165) is 11.1 Å². The molecule has 0 radical (unpaired) electrons. The number of nitrogens with one attached hydrogen (secondary N) is 1. The molecule has 7 heteroatoms. The quantitative estimate of drug-likeness (QED) is 0.924. The molecule has 2 amide bonds. The lowest BCUT2D eigenvalue weighted by atomic mass is 10.1. The highest BCUT2D eigenvalue weighted by atomic mass is 19.4. The number of nitrogens with zero attached hydrogens (tertiary/aromatic N) is 1. The summed E-state index contributed by atoms with van der Waals surface area (Å²) >= 11 is 0. The van der Waals surface area contributed by atoms with Crippen LogP contribution >= 0.6 is 0 Å². The first-order valence-corrected chi connectivity index (χ1v) is 6.92. The third-order valence-corrected chi connectivity index (χ3v) is 3.54. The van der Waals surface area contributed by atoms with Crippen molar-refractivity contribution in [3.05, 3.63) is 35.4 Å². The monoisotopic (exact) mass is 314 g/mol.